The number of hydrogen-bond donors (Lipinski definition) is 0. The predicted molar refractivity (Wildman–Crippen MR) is 104 cm³/mol. The van der Waals surface area contributed by atoms with Crippen LogP contribution in [0.5, 0.6) is 0 Å². The average Bonchev–Trinajstić information content (AvgIpc) is 2.94. The van der Waals surface area contributed by atoms with Gasteiger partial charge >= 0.3 is 26.2 Å². The first-order valence-electron chi connectivity index (χ1n) is 8.62. The summed E-state index contributed by atoms with van der Waals surface area (Å²) in [5.41, 5.74) is 11.6. The van der Waals surface area contributed by atoms with Crippen LogP contribution >= 0.6 is 0 Å². The van der Waals surface area contributed by atoms with Gasteiger partial charge in [0.05, 0.1) is 0 Å². The summed E-state index contributed by atoms with van der Waals surface area (Å²) in [6.07, 6.45) is 1.17. The van der Waals surface area contributed by atoms with Crippen molar-refractivity contribution in [3.05, 3.63) is 68.8 Å². The van der Waals surface area contributed by atoms with Crippen molar-refractivity contribution in [2.75, 3.05) is 0 Å². The number of halogens is 2. The van der Waals surface area contributed by atoms with Crippen LogP contribution in [0.2, 0.25) is 0 Å². The van der Waals surface area contributed by atoms with Crippen LogP contribution in [0, 0.1) is 48.5 Å². The van der Waals surface area contributed by atoms with Crippen molar-refractivity contribution in [3.8, 4) is 0 Å². The van der Waals surface area contributed by atoms with E-state index >= 15 is 0 Å². The van der Waals surface area contributed by atoms with Gasteiger partial charge in [-0.05, 0) is 13.8 Å². The van der Waals surface area contributed by atoms with Crippen LogP contribution in [0.15, 0.2) is 24.3 Å². The third-order valence-electron chi connectivity index (χ3n) is 5.26. The molecule has 3 heteroatoms. The summed E-state index contributed by atoms with van der Waals surface area (Å²) in [7, 11) is 0. The summed E-state index contributed by atoms with van der Waals surface area (Å²) in [5.74, 6) is 0. The van der Waals surface area contributed by atoms with E-state index in [1.54, 1.807) is 5.56 Å². The Balaban J connectivity index is 0. The van der Waals surface area contributed by atoms with Crippen molar-refractivity contribution in [2.45, 2.75) is 61.8 Å². The van der Waals surface area contributed by atoms with E-state index in [-0.39, 0.29) is 74.2 Å². The SMILES string of the molecule is CC[c-]1c(C)c(C)c(C)c1C.Cc1cc(C)c2cc(C)[cH-]c2c1.[I-].[I-].[Zr+4]. The minimum atomic E-state index is 0. The molecule has 0 heterocycles. The molecular formula is C23H30I2Zr. The fourth-order valence-electron chi connectivity index (χ4n) is 3.67. The Bertz CT molecular complexity index is 812. The van der Waals surface area contributed by atoms with Crippen molar-refractivity contribution in [1.82, 2.24) is 0 Å². The third kappa shape index (κ3) is 6.27. The zero-order valence-corrected chi connectivity index (χ0v) is 24.0. The average molecular weight is 652 g/mol. The molecule has 0 nitrogen and oxygen atoms in total. The minimum absolute atomic E-state index is 0. The molecule has 0 fully saturated rings. The van der Waals surface area contributed by atoms with Gasteiger partial charge in [-0.1, -0.05) is 65.2 Å². The summed E-state index contributed by atoms with van der Waals surface area (Å²) in [6, 6.07) is 8.98. The van der Waals surface area contributed by atoms with Gasteiger partial charge in [0.1, 0.15) is 0 Å². The number of hydrogen-bond acceptors (Lipinski definition) is 0. The summed E-state index contributed by atoms with van der Waals surface area (Å²) in [6.45, 7) is 17.6. The van der Waals surface area contributed by atoms with Gasteiger partial charge in [0, 0.05) is 0 Å². The maximum atomic E-state index is 2.25. The molecule has 26 heavy (non-hydrogen) atoms. The zero-order chi connectivity index (χ0) is 17.3. The number of rotatable bonds is 1. The van der Waals surface area contributed by atoms with Crippen molar-refractivity contribution in [3.63, 3.8) is 0 Å². The van der Waals surface area contributed by atoms with Crippen molar-refractivity contribution in [1.29, 1.82) is 0 Å². The van der Waals surface area contributed by atoms with Crippen LogP contribution in [0.1, 0.15) is 51.4 Å². The summed E-state index contributed by atoms with van der Waals surface area (Å²) in [5, 5.41) is 2.78. The summed E-state index contributed by atoms with van der Waals surface area (Å²) in [4.78, 5) is 0. The maximum absolute atomic E-state index is 2.25. The molecule has 0 bridgehead atoms. The Morgan fingerprint density at radius 2 is 1.31 bits per heavy atom. The van der Waals surface area contributed by atoms with E-state index < -0.39 is 0 Å². The van der Waals surface area contributed by atoms with E-state index in [0.29, 0.717) is 0 Å². The van der Waals surface area contributed by atoms with Gasteiger partial charge in [0.25, 0.3) is 0 Å². The van der Waals surface area contributed by atoms with E-state index in [1.165, 1.54) is 56.1 Å². The van der Waals surface area contributed by atoms with E-state index in [0.717, 1.165) is 0 Å². The third-order valence-corrected chi connectivity index (χ3v) is 5.26. The Morgan fingerprint density at radius 3 is 1.73 bits per heavy atom. The summed E-state index contributed by atoms with van der Waals surface area (Å²) >= 11 is 0. The molecule has 0 aliphatic heterocycles. The minimum Gasteiger partial charge on any atom is -1.00 e. The van der Waals surface area contributed by atoms with Gasteiger partial charge in [-0.25, -0.2) is 0 Å². The van der Waals surface area contributed by atoms with Gasteiger partial charge in [0.15, 0.2) is 0 Å². The second-order valence-electron chi connectivity index (χ2n) is 6.95. The van der Waals surface area contributed by atoms with Gasteiger partial charge in [0.2, 0.25) is 0 Å². The monoisotopic (exact) mass is 650 g/mol. The largest absolute Gasteiger partial charge is 4.00 e. The first-order valence-corrected chi connectivity index (χ1v) is 8.62. The molecular weight excluding hydrogens is 621 g/mol. The van der Waals surface area contributed by atoms with Crippen molar-refractivity contribution >= 4 is 10.8 Å². The van der Waals surface area contributed by atoms with Gasteiger partial charge in [-0.15, -0.1) is 28.5 Å². The molecule has 0 saturated heterocycles. The fourth-order valence-corrected chi connectivity index (χ4v) is 3.67. The quantitative estimate of drug-likeness (QED) is 0.269. The van der Waals surface area contributed by atoms with Crippen molar-refractivity contribution < 1.29 is 74.2 Å². The molecule has 0 unspecified atom stereocenters. The molecule has 0 saturated carbocycles. The smallest absolute Gasteiger partial charge is 1.00 e. The standard InChI is InChI=1S/C12H13.C11H17.2HI.Zr/c1-8-4-10(3)12-7-9(2)6-11(12)5-8;1-6-11-9(4)7(2)8(3)10(11)5;;;/h4-7H,1-3H3;6H2,1-5H3;2*1H;/q2*-1;;;+4/p-2. The number of benzene rings is 1. The molecule has 0 atom stereocenters. The van der Waals surface area contributed by atoms with Gasteiger partial charge < -0.3 is 48.0 Å². The van der Waals surface area contributed by atoms with Crippen LogP contribution in [0.25, 0.3) is 10.8 Å². The Hall–Kier alpha value is 0.523. The molecule has 3 aromatic rings. The maximum Gasteiger partial charge on any atom is 4.00 e. The van der Waals surface area contributed by atoms with Crippen LogP contribution in [0.4, 0.5) is 0 Å². The van der Waals surface area contributed by atoms with E-state index in [1.807, 2.05) is 0 Å². The topological polar surface area (TPSA) is 0 Å². The van der Waals surface area contributed by atoms with E-state index in [2.05, 4.69) is 79.7 Å². The second kappa shape index (κ2) is 12.2. The molecule has 0 aliphatic rings. The van der Waals surface area contributed by atoms with Gasteiger partial charge in [-0.2, -0.15) is 33.9 Å². The molecule has 3 aromatic carbocycles. The Labute approximate surface area is 213 Å². The molecule has 3 rings (SSSR count). The fraction of sp³-hybridized carbons (Fsp3) is 0.391. The molecule has 0 aromatic heterocycles. The van der Waals surface area contributed by atoms with Crippen molar-refractivity contribution in [2.24, 2.45) is 0 Å². The molecule has 140 valence electrons. The first kappa shape index (κ1) is 28.7. The van der Waals surface area contributed by atoms with Gasteiger partial charge in [-0.3, -0.25) is 0 Å². The molecule has 0 amide bonds. The van der Waals surface area contributed by atoms with Crippen LogP contribution in [0.3, 0.4) is 0 Å². The number of fused-ring (bicyclic) bond motifs is 1. The Morgan fingerprint density at radius 1 is 0.808 bits per heavy atom. The molecule has 0 N–H and O–H groups in total. The Kier molecular flexibility index (Phi) is 13.4. The predicted octanol–water partition coefficient (Wildman–Crippen LogP) is 0.691. The van der Waals surface area contributed by atoms with Crippen LogP contribution in [-0.2, 0) is 32.6 Å². The molecule has 0 aliphatic carbocycles. The molecule has 0 radical (unpaired) electrons. The van der Waals surface area contributed by atoms with E-state index in [4.69, 9.17) is 0 Å². The number of aryl methyl sites for hydroxylation is 3. The van der Waals surface area contributed by atoms with Crippen LogP contribution < -0.4 is 48.0 Å². The normalized spacial score (nSPS) is 9.54. The first-order chi connectivity index (χ1) is 10.8. The summed E-state index contributed by atoms with van der Waals surface area (Å²) < 4.78 is 0. The molecule has 0 spiro atoms. The van der Waals surface area contributed by atoms with E-state index in [9.17, 15) is 0 Å². The van der Waals surface area contributed by atoms with Crippen LogP contribution in [-0.4, -0.2) is 0 Å². The zero-order valence-electron chi connectivity index (χ0n) is 17.3. The second-order valence-corrected chi connectivity index (χ2v) is 6.95.